The molecule has 0 radical (unpaired) electrons. The maximum Gasteiger partial charge on any atom is 0.326 e. The molecule has 3 atom stereocenters. The number of aliphatic hydroxyl groups excluding tert-OH is 1. The monoisotopic (exact) mass is 585 g/mol. The van der Waals surface area contributed by atoms with Gasteiger partial charge in [0.25, 0.3) is 5.91 Å². The van der Waals surface area contributed by atoms with E-state index in [1.807, 2.05) is 52.1 Å². The van der Waals surface area contributed by atoms with Crippen molar-refractivity contribution in [2.45, 2.75) is 44.4 Å². The van der Waals surface area contributed by atoms with Gasteiger partial charge in [0.05, 0.1) is 37.5 Å². The number of likely N-dealkylation sites (tertiary alicyclic amines) is 1. The summed E-state index contributed by atoms with van der Waals surface area (Å²) in [5.41, 5.74) is 2.74. The molecule has 0 unspecified atom stereocenters. The SMILES string of the molecule is CCO[C@@H]1OC(C(=O)N2CCC(n3c(=O)[nH]c4ccccc43)CC2)=C[C@H](c2ccsc2)[C@@H]1CCOCCOCCO. The summed E-state index contributed by atoms with van der Waals surface area (Å²) in [6.45, 7) is 5.11. The van der Waals surface area contributed by atoms with E-state index in [0.29, 0.717) is 71.1 Å². The maximum absolute atomic E-state index is 13.7. The third-order valence-electron chi connectivity index (χ3n) is 7.80. The third-order valence-corrected chi connectivity index (χ3v) is 8.50. The van der Waals surface area contributed by atoms with Gasteiger partial charge in [0.2, 0.25) is 6.29 Å². The van der Waals surface area contributed by atoms with Crippen LogP contribution < -0.4 is 5.69 Å². The Kier molecular flexibility index (Phi) is 10.3. The number of aromatic amines is 1. The average Bonchev–Trinajstić information content (AvgIpc) is 3.64. The first-order valence-corrected chi connectivity index (χ1v) is 15.3. The minimum Gasteiger partial charge on any atom is -0.459 e. The number of H-pyrrole nitrogens is 1. The highest BCUT2D eigenvalue weighted by atomic mass is 32.1. The molecule has 222 valence electrons. The number of hydrogen-bond donors (Lipinski definition) is 2. The van der Waals surface area contributed by atoms with Crippen molar-refractivity contribution in [1.82, 2.24) is 14.5 Å². The lowest BCUT2D eigenvalue weighted by atomic mass is 9.82. The molecule has 1 saturated heterocycles. The van der Waals surface area contributed by atoms with Crippen LogP contribution in [0.4, 0.5) is 0 Å². The van der Waals surface area contributed by atoms with Crippen molar-refractivity contribution in [2.24, 2.45) is 5.92 Å². The van der Waals surface area contributed by atoms with Gasteiger partial charge in [0.1, 0.15) is 0 Å². The lowest BCUT2D eigenvalue weighted by Crippen LogP contribution is -2.44. The number of carbonyl (C=O) groups is 1. The Morgan fingerprint density at radius 3 is 2.63 bits per heavy atom. The zero-order valence-corrected chi connectivity index (χ0v) is 24.2. The van der Waals surface area contributed by atoms with Crippen molar-refractivity contribution in [2.75, 3.05) is 52.7 Å². The Hall–Kier alpha value is -2.96. The highest BCUT2D eigenvalue weighted by Crippen LogP contribution is 2.40. The quantitative estimate of drug-likeness (QED) is 0.294. The number of imidazole rings is 1. The van der Waals surface area contributed by atoms with E-state index in [1.165, 1.54) is 0 Å². The summed E-state index contributed by atoms with van der Waals surface area (Å²) in [5, 5.41) is 13.0. The minimum absolute atomic E-state index is 0.00665. The number of thiophene rings is 1. The lowest BCUT2D eigenvalue weighted by Gasteiger charge is -2.39. The number of benzene rings is 1. The molecule has 0 aliphatic carbocycles. The molecule has 5 rings (SSSR count). The number of ether oxygens (including phenoxy) is 4. The van der Waals surface area contributed by atoms with Crippen LogP contribution in [0, 0.1) is 5.92 Å². The number of nitrogens with zero attached hydrogens (tertiary/aromatic N) is 2. The van der Waals surface area contributed by atoms with Gasteiger partial charge >= 0.3 is 5.69 Å². The van der Waals surface area contributed by atoms with E-state index in [9.17, 15) is 9.59 Å². The molecule has 2 aromatic heterocycles. The fourth-order valence-electron chi connectivity index (χ4n) is 5.80. The normalized spacial score (nSPS) is 21.7. The Morgan fingerprint density at radius 2 is 1.90 bits per heavy atom. The number of aliphatic hydroxyl groups is 1. The van der Waals surface area contributed by atoms with Crippen molar-refractivity contribution in [3.8, 4) is 0 Å². The van der Waals surface area contributed by atoms with Gasteiger partial charge in [-0.3, -0.25) is 9.36 Å². The molecule has 41 heavy (non-hydrogen) atoms. The molecule has 0 bridgehead atoms. The second kappa shape index (κ2) is 14.3. The van der Waals surface area contributed by atoms with E-state index >= 15 is 0 Å². The van der Waals surface area contributed by atoms with E-state index in [1.54, 1.807) is 11.3 Å². The Bertz CT molecular complexity index is 1340. The van der Waals surface area contributed by atoms with Gasteiger partial charge in [-0.05, 0) is 66.8 Å². The first kappa shape index (κ1) is 29.5. The number of hydrogen-bond acceptors (Lipinski definition) is 8. The summed E-state index contributed by atoms with van der Waals surface area (Å²) in [4.78, 5) is 31.2. The topological polar surface area (TPSA) is 115 Å². The minimum atomic E-state index is -0.578. The van der Waals surface area contributed by atoms with Crippen molar-refractivity contribution in [3.63, 3.8) is 0 Å². The first-order valence-electron chi connectivity index (χ1n) is 14.4. The maximum atomic E-state index is 13.7. The molecule has 10 nitrogen and oxygen atoms in total. The van der Waals surface area contributed by atoms with E-state index in [2.05, 4.69) is 16.4 Å². The molecule has 4 heterocycles. The predicted octanol–water partition coefficient (Wildman–Crippen LogP) is 3.65. The molecule has 0 saturated carbocycles. The number of nitrogens with one attached hydrogen (secondary N) is 1. The fourth-order valence-corrected chi connectivity index (χ4v) is 6.51. The van der Waals surface area contributed by atoms with Gasteiger partial charge < -0.3 is 33.9 Å². The number of fused-ring (bicyclic) bond motifs is 1. The summed E-state index contributed by atoms with van der Waals surface area (Å²) in [6, 6.07) is 9.82. The molecule has 2 N–H and O–H groups in total. The van der Waals surface area contributed by atoms with E-state index in [4.69, 9.17) is 24.1 Å². The van der Waals surface area contributed by atoms with Crippen LogP contribution in [0.3, 0.4) is 0 Å². The summed E-state index contributed by atoms with van der Waals surface area (Å²) >= 11 is 1.62. The number of carbonyl (C=O) groups excluding carboxylic acids is 1. The highest BCUT2D eigenvalue weighted by Gasteiger charge is 2.39. The smallest absolute Gasteiger partial charge is 0.326 e. The number of para-hydroxylation sites is 2. The van der Waals surface area contributed by atoms with Gasteiger partial charge in [-0.25, -0.2) is 4.79 Å². The van der Waals surface area contributed by atoms with Crippen molar-refractivity contribution in [1.29, 1.82) is 0 Å². The van der Waals surface area contributed by atoms with Crippen LogP contribution in [-0.2, 0) is 23.7 Å². The molecule has 1 aromatic carbocycles. The van der Waals surface area contributed by atoms with Gasteiger partial charge in [-0.15, -0.1) is 0 Å². The predicted molar refractivity (Wildman–Crippen MR) is 156 cm³/mol. The van der Waals surface area contributed by atoms with E-state index in [-0.39, 0.29) is 36.1 Å². The standard InChI is InChI=1S/C30H39N3O7S/c1-2-39-29-23(9-14-37-16-17-38-15-13-34)24(21-10-18-41-20-21)19-27(40-29)28(35)32-11-7-22(8-12-32)33-26-6-4-3-5-25(26)31-30(33)36/h3-6,10,18-20,22-24,29,34H,2,7-9,11-17H2,1H3,(H,31,36)/t23-,24+,29+/m0/s1. The summed E-state index contributed by atoms with van der Waals surface area (Å²) in [5.74, 6) is 0.0911. The average molecular weight is 586 g/mol. The van der Waals surface area contributed by atoms with Crippen molar-refractivity contribution in [3.05, 3.63) is 69.0 Å². The summed E-state index contributed by atoms with van der Waals surface area (Å²) in [7, 11) is 0. The molecular formula is C30H39N3O7S. The molecule has 3 aromatic rings. The van der Waals surface area contributed by atoms with Gasteiger partial charge in [-0.1, -0.05) is 12.1 Å². The van der Waals surface area contributed by atoms with Crippen LogP contribution in [0.15, 0.2) is 57.7 Å². The first-order chi connectivity index (χ1) is 20.1. The van der Waals surface area contributed by atoms with Crippen LogP contribution in [0.5, 0.6) is 0 Å². The molecule has 1 amide bonds. The van der Waals surface area contributed by atoms with E-state index in [0.717, 1.165) is 16.6 Å². The molecule has 0 spiro atoms. The number of piperidine rings is 1. The van der Waals surface area contributed by atoms with Gasteiger partial charge in [0, 0.05) is 44.2 Å². The van der Waals surface area contributed by atoms with Crippen LogP contribution in [0.1, 0.15) is 43.7 Å². The summed E-state index contributed by atoms with van der Waals surface area (Å²) < 4.78 is 25.2. The second-order valence-electron chi connectivity index (χ2n) is 10.3. The molecular weight excluding hydrogens is 546 g/mol. The van der Waals surface area contributed by atoms with Crippen molar-refractivity contribution < 1.29 is 28.8 Å². The molecule has 2 aliphatic heterocycles. The molecule has 1 fully saturated rings. The fraction of sp³-hybridized carbons (Fsp3) is 0.533. The van der Waals surface area contributed by atoms with Crippen LogP contribution in [0.25, 0.3) is 11.0 Å². The van der Waals surface area contributed by atoms with Crippen LogP contribution >= 0.6 is 11.3 Å². The highest BCUT2D eigenvalue weighted by molar-refractivity contribution is 7.08. The number of amides is 1. The van der Waals surface area contributed by atoms with Gasteiger partial charge in [0.15, 0.2) is 5.76 Å². The number of rotatable bonds is 13. The largest absolute Gasteiger partial charge is 0.459 e. The Morgan fingerprint density at radius 1 is 1.12 bits per heavy atom. The molecule has 2 aliphatic rings. The number of aromatic nitrogens is 2. The van der Waals surface area contributed by atoms with E-state index < -0.39 is 6.29 Å². The van der Waals surface area contributed by atoms with Crippen molar-refractivity contribution >= 4 is 28.3 Å². The third kappa shape index (κ3) is 6.92. The molecule has 11 heteroatoms. The van der Waals surface area contributed by atoms with Crippen LogP contribution in [-0.4, -0.2) is 84.5 Å². The van der Waals surface area contributed by atoms with Crippen LogP contribution in [0.2, 0.25) is 0 Å². The second-order valence-corrected chi connectivity index (χ2v) is 11.1. The number of allylic oxidation sites excluding steroid dienone is 1. The zero-order valence-electron chi connectivity index (χ0n) is 23.4. The Balaban J connectivity index is 1.26. The Labute approximate surface area is 243 Å². The van der Waals surface area contributed by atoms with Gasteiger partial charge in [-0.2, -0.15) is 11.3 Å². The summed E-state index contributed by atoms with van der Waals surface area (Å²) in [6.07, 6.45) is 3.43. The lowest BCUT2D eigenvalue weighted by molar-refractivity contribution is -0.172. The zero-order chi connectivity index (χ0) is 28.6.